The van der Waals surface area contributed by atoms with Crippen LogP contribution in [0.3, 0.4) is 0 Å². The van der Waals surface area contributed by atoms with E-state index in [9.17, 15) is 0 Å². The molecule has 1 atom stereocenters. The average Bonchev–Trinajstić information content (AvgIpc) is 2.83. The highest BCUT2D eigenvalue weighted by atomic mass is 32.1. The lowest BCUT2D eigenvalue weighted by molar-refractivity contribution is -0.137. The minimum atomic E-state index is -0.496. The van der Waals surface area contributed by atoms with Crippen molar-refractivity contribution in [3.05, 3.63) is 29.8 Å². The first-order chi connectivity index (χ1) is 9.98. The second-order valence-corrected chi connectivity index (χ2v) is 5.77. The van der Waals surface area contributed by atoms with E-state index >= 15 is 0 Å². The molecule has 116 valence electrons. The van der Waals surface area contributed by atoms with Gasteiger partial charge >= 0.3 is 0 Å². The zero-order valence-electron chi connectivity index (χ0n) is 12.6. The molecule has 1 aliphatic rings. The third kappa shape index (κ3) is 5.15. The third-order valence-electron chi connectivity index (χ3n) is 3.17. The van der Waals surface area contributed by atoms with Crippen molar-refractivity contribution in [1.29, 1.82) is 0 Å². The molecule has 1 unspecified atom stereocenters. The van der Waals surface area contributed by atoms with Crippen molar-refractivity contribution in [3.63, 3.8) is 0 Å². The van der Waals surface area contributed by atoms with Gasteiger partial charge in [-0.1, -0.05) is 12.1 Å². The molecule has 1 aliphatic heterocycles. The highest BCUT2D eigenvalue weighted by Crippen LogP contribution is 2.21. The quantitative estimate of drug-likeness (QED) is 0.809. The van der Waals surface area contributed by atoms with Gasteiger partial charge in [0.05, 0.1) is 13.7 Å². The average molecular weight is 310 g/mol. The van der Waals surface area contributed by atoms with Gasteiger partial charge in [-0.05, 0) is 43.8 Å². The van der Waals surface area contributed by atoms with Gasteiger partial charge in [-0.3, -0.25) is 0 Å². The molecule has 0 saturated carbocycles. The molecule has 2 N–H and O–H groups in total. The van der Waals surface area contributed by atoms with Gasteiger partial charge in [0, 0.05) is 13.1 Å². The van der Waals surface area contributed by atoms with E-state index in [-0.39, 0.29) is 6.10 Å². The van der Waals surface area contributed by atoms with Crippen molar-refractivity contribution in [2.24, 2.45) is 0 Å². The van der Waals surface area contributed by atoms with Crippen LogP contribution >= 0.6 is 12.2 Å². The molecular formula is C15H22N2O3S. The predicted octanol–water partition coefficient (Wildman–Crippen LogP) is 1.81. The van der Waals surface area contributed by atoms with Crippen LogP contribution in [0.15, 0.2) is 24.3 Å². The third-order valence-corrected chi connectivity index (χ3v) is 3.46. The highest BCUT2D eigenvalue weighted by Gasteiger charge is 2.32. The highest BCUT2D eigenvalue weighted by molar-refractivity contribution is 7.80. The molecule has 0 radical (unpaired) electrons. The summed E-state index contributed by atoms with van der Waals surface area (Å²) < 4.78 is 16.3. The van der Waals surface area contributed by atoms with E-state index in [0.717, 1.165) is 11.3 Å². The van der Waals surface area contributed by atoms with Crippen LogP contribution in [0.2, 0.25) is 0 Å². The minimum absolute atomic E-state index is 0.0285. The second kappa shape index (κ2) is 7.06. The number of thiocarbonyl (C=S) groups is 1. The Kier molecular flexibility index (Phi) is 5.39. The van der Waals surface area contributed by atoms with Gasteiger partial charge in [-0.15, -0.1) is 0 Å². The van der Waals surface area contributed by atoms with Crippen molar-refractivity contribution < 1.29 is 14.2 Å². The molecule has 0 aliphatic carbocycles. The molecule has 21 heavy (non-hydrogen) atoms. The Bertz CT molecular complexity index is 476. The van der Waals surface area contributed by atoms with Gasteiger partial charge in [0.2, 0.25) is 0 Å². The number of ether oxygens (including phenoxy) is 3. The van der Waals surface area contributed by atoms with E-state index in [1.165, 1.54) is 0 Å². The van der Waals surface area contributed by atoms with Crippen molar-refractivity contribution in [1.82, 2.24) is 10.6 Å². The van der Waals surface area contributed by atoms with E-state index in [4.69, 9.17) is 26.4 Å². The number of hydrogen-bond acceptors (Lipinski definition) is 4. The van der Waals surface area contributed by atoms with Gasteiger partial charge in [0.1, 0.15) is 11.9 Å². The van der Waals surface area contributed by atoms with E-state index in [1.807, 2.05) is 38.1 Å². The summed E-state index contributed by atoms with van der Waals surface area (Å²) in [4.78, 5) is 0. The van der Waals surface area contributed by atoms with Gasteiger partial charge in [0.15, 0.2) is 10.9 Å². The summed E-state index contributed by atoms with van der Waals surface area (Å²) in [5.74, 6) is 0.352. The maximum Gasteiger partial charge on any atom is 0.166 e. The Balaban J connectivity index is 1.67. The molecule has 1 fully saturated rings. The first-order valence-corrected chi connectivity index (χ1v) is 7.36. The van der Waals surface area contributed by atoms with E-state index in [0.29, 0.717) is 24.8 Å². The zero-order valence-corrected chi connectivity index (χ0v) is 13.5. The molecule has 0 amide bonds. The van der Waals surface area contributed by atoms with Crippen LogP contribution in [0.4, 0.5) is 0 Å². The lowest BCUT2D eigenvalue weighted by atomic mass is 10.2. The maximum atomic E-state index is 5.70. The van der Waals surface area contributed by atoms with Crippen molar-refractivity contribution in [2.45, 2.75) is 32.3 Å². The first-order valence-electron chi connectivity index (χ1n) is 6.95. The summed E-state index contributed by atoms with van der Waals surface area (Å²) in [6.45, 7) is 5.71. The number of rotatable bonds is 5. The monoisotopic (exact) mass is 310 g/mol. The largest absolute Gasteiger partial charge is 0.497 e. The topological polar surface area (TPSA) is 51.8 Å². The van der Waals surface area contributed by atoms with Crippen LogP contribution < -0.4 is 15.4 Å². The number of benzene rings is 1. The Morgan fingerprint density at radius 3 is 2.62 bits per heavy atom. The normalized spacial score (nSPS) is 20.0. The molecule has 1 aromatic rings. The van der Waals surface area contributed by atoms with Gasteiger partial charge < -0.3 is 24.8 Å². The molecule has 0 aromatic heterocycles. The molecule has 1 aromatic carbocycles. The molecule has 0 bridgehead atoms. The number of nitrogens with one attached hydrogen (secondary N) is 2. The predicted molar refractivity (Wildman–Crippen MR) is 85.3 cm³/mol. The second-order valence-electron chi connectivity index (χ2n) is 5.36. The summed E-state index contributed by atoms with van der Waals surface area (Å²) in [6, 6.07) is 7.87. The first kappa shape index (κ1) is 16.0. The van der Waals surface area contributed by atoms with Gasteiger partial charge in [-0.2, -0.15) is 0 Å². The SMILES string of the molecule is COc1ccc(CNC(=S)NCC2COC(C)(C)O2)cc1. The molecular weight excluding hydrogens is 288 g/mol. The van der Waals surface area contributed by atoms with E-state index in [2.05, 4.69) is 10.6 Å². The fourth-order valence-electron chi connectivity index (χ4n) is 2.06. The fourth-order valence-corrected chi connectivity index (χ4v) is 2.21. The van der Waals surface area contributed by atoms with Gasteiger partial charge in [0.25, 0.3) is 0 Å². The summed E-state index contributed by atoms with van der Waals surface area (Å²) in [6.07, 6.45) is 0.0285. The van der Waals surface area contributed by atoms with Crippen LogP contribution in [0.5, 0.6) is 5.75 Å². The van der Waals surface area contributed by atoms with Crippen LogP contribution in [-0.2, 0) is 16.0 Å². The van der Waals surface area contributed by atoms with Gasteiger partial charge in [-0.25, -0.2) is 0 Å². The zero-order chi connectivity index (χ0) is 15.3. The lowest BCUT2D eigenvalue weighted by Gasteiger charge is -2.18. The summed E-state index contributed by atoms with van der Waals surface area (Å²) >= 11 is 5.25. The van der Waals surface area contributed by atoms with Crippen LogP contribution in [-0.4, -0.2) is 37.3 Å². The summed E-state index contributed by atoms with van der Waals surface area (Å²) in [5, 5.41) is 6.92. The Morgan fingerprint density at radius 2 is 2.05 bits per heavy atom. The standard InChI is InChI=1S/C15H22N2O3S/c1-15(2)19-10-13(20-15)9-17-14(21)16-8-11-4-6-12(18-3)7-5-11/h4-7,13H,8-10H2,1-3H3,(H2,16,17,21). The van der Waals surface area contributed by atoms with Crippen molar-refractivity contribution in [3.8, 4) is 5.75 Å². The summed E-state index contributed by atoms with van der Waals surface area (Å²) in [7, 11) is 1.66. The molecule has 0 spiro atoms. The molecule has 1 saturated heterocycles. The van der Waals surface area contributed by atoms with Crippen molar-refractivity contribution in [2.75, 3.05) is 20.3 Å². The van der Waals surface area contributed by atoms with Crippen LogP contribution in [0, 0.1) is 0 Å². The van der Waals surface area contributed by atoms with E-state index < -0.39 is 5.79 Å². The fraction of sp³-hybridized carbons (Fsp3) is 0.533. The Morgan fingerprint density at radius 1 is 1.33 bits per heavy atom. The smallest absolute Gasteiger partial charge is 0.166 e. The molecule has 1 heterocycles. The Hall–Kier alpha value is -1.37. The molecule has 6 heteroatoms. The maximum absolute atomic E-state index is 5.70. The summed E-state index contributed by atoms with van der Waals surface area (Å²) in [5.41, 5.74) is 1.14. The Labute approximate surface area is 131 Å². The minimum Gasteiger partial charge on any atom is -0.497 e. The molecule has 2 rings (SSSR count). The lowest BCUT2D eigenvalue weighted by Crippen LogP contribution is -2.40. The molecule has 5 nitrogen and oxygen atoms in total. The number of methoxy groups -OCH3 is 1. The van der Waals surface area contributed by atoms with Crippen LogP contribution in [0.1, 0.15) is 19.4 Å². The van der Waals surface area contributed by atoms with E-state index in [1.54, 1.807) is 7.11 Å². The number of hydrogen-bond donors (Lipinski definition) is 2. The van der Waals surface area contributed by atoms with Crippen molar-refractivity contribution >= 4 is 17.3 Å². The van der Waals surface area contributed by atoms with Crippen LogP contribution in [0.25, 0.3) is 0 Å².